The Morgan fingerprint density at radius 1 is 0.476 bits per heavy atom. The van der Waals surface area contributed by atoms with Crippen LogP contribution in [0.15, 0.2) is 170 Å². The lowest BCUT2D eigenvalue weighted by Crippen LogP contribution is -2.70. The van der Waals surface area contributed by atoms with Gasteiger partial charge in [-0.1, -0.05) is 158 Å². The molecule has 0 radical (unpaired) electrons. The first-order chi connectivity index (χ1) is 30.6. The van der Waals surface area contributed by atoms with Crippen LogP contribution in [0.2, 0.25) is 0 Å². The highest BCUT2D eigenvalue weighted by molar-refractivity contribution is 7.80. The average molecular weight is 881 g/mol. The van der Waals surface area contributed by atoms with Gasteiger partial charge in [0.25, 0.3) is 11.8 Å². The molecule has 2 N–H and O–H groups in total. The van der Waals surface area contributed by atoms with E-state index in [0.717, 1.165) is 31.8 Å². The lowest BCUT2D eigenvalue weighted by Gasteiger charge is -2.45. The number of carbonyl (C=O) groups is 5. The lowest BCUT2D eigenvalue weighted by molar-refractivity contribution is -0.225. The number of ether oxygens (including phenoxy) is 4. The molecule has 1 heterocycles. The van der Waals surface area contributed by atoms with Gasteiger partial charge >= 0.3 is 17.9 Å². The average Bonchev–Trinajstić information content (AvgIpc) is 3.29. The Morgan fingerprint density at radius 3 is 1.24 bits per heavy atom. The Hall–Kier alpha value is -6.51. The van der Waals surface area contributed by atoms with Gasteiger partial charge in [0, 0.05) is 31.9 Å². The molecule has 0 unspecified atom stereocenters. The van der Waals surface area contributed by atoms with Crippen LogP contribution in [0.3, 0.4) is 0 Å². The van der Waals surface area contributed by atoms with Gasteiger partial charge < -0.3 is 29.6 Å². The molecule has 7 rings (SSSR count). The van der Waals surface area contributed by atoms with Crippen molar-refractivity contribution in [1.82, 2.24) is 10.6 Å². The van der Waals surface area contributed by atoms with E-state index in [1.54, 1.807) is 24.3 Å². The van der Waals surface area contributed by atoms with Crippen molar-refractivity contribution in [2.45, 2.75) is 51.4 Å². The van der Waals surface area contributed by atoms with Crippen LogP contribution in [0.25, 0.3) is 0 Å². The summed E-state index contributed by atoms with van der Waals surface area (Å²) in [4.78, 5) is 67.5. The predicted molar refractivity (Wildman–Crippen MR) is 245 cm³/mol. The van der Waals surface area contributed by atoms with Crippen LogP contribution in [0.4, 0.5) is 0 Å². The minimum atomic E-state index is -1.42. The third-order valence-electron chi connectivity index (χ3n) is 10.2. The minimum absolute atomic E-state index is 0.329. The van der Waals surface area contributed by atoms with E-state index in [0.29, 0.717) is 11.1 Å². The van der Waals surface area contributed by atoms with Crippen LogP contribution >= 0.6 is 15.8 Å². The SMILES string of the molecule is CC(=O)OC[C@H]1O[C@@H](NC(=O)c2ccccc2P(c2ccccc2)c2ccccc2)[C@H](NC(=O)c2ccccc2P(c2ccccc2)c2ccccc2)[C@@H](OC(C)=O)[C@@H]1OC(C)=O. The third kappa shape index (κ3) is 10.9. The second-order valence-corrected chi connectivity index (χ2v) is 18.9. The Balaban J connectivity index is 1.31. The number of hydrogen-bond donors (Lipinski definition) is 2. The summed E-state index contributed by atoms with van der Waals surface area (Å²) in [5, 5.41) is 11.6. The first kappa shape index (κ1) is 44.5. The zero-order chi connectivity index (χ0) is 44.3. The molecule has 2 amide bonds. The van der Waals surface area contributed by atoms with Crippen molar-refractivity contribution in [1.29, 1.82) is 0 Å². The third-order valence-corrected chi connectivity index (χ3v) is 15.2. The van der Waals surface area contributed by atoms with Gasteiger partial charge in [-0.15, -0.1) is 0 Å². The fourth-order valence-corrected chi connectivity index (χ4v) is 12.4. The highest BCUT2D eigenvalue weighted by Crippen LogP contribution is 2.36. The van der Waals surface area contributed by atoms with Gasteiger partial charge in [-0.25, -0.2) is 0 Å². The standard InChI is InChI=1S/C50H46N2O9P2/c1-33(53)58-32-42-46(59-34(2)54)47(60-35(3)55)45(51-48(56)40-28-16-18-30-43(40)62(36-20-8-4-9-21-36)37-22-10-5-11-23-37)50(61-42)52-49(57)41-29-17-19-31-44(41)63(38-24-12-6-13-25-38)39-26-14-7-15-27-39/h4-31,42,45-47,50H,32H2,1-3H3,(H,51,56)(H,52,57)/t42-,45-,46-,47-,50-/m1/s1. The molecule has 6 aromatic rings. The van der Waals surface area contributed by atoms with E-state index in [9.17, 15) is 24.0 Å². The van der Waals surface area contributed by atoms with Crippen molar-refractivity contribution in [2.24, 2.45) is 0 Å². The largest absolute Gasteiger partial charge is 0.463 e. The minimum Gasteiger partial charge on any atom is -0.463 e. The maximum absolute atomic E-state index is 14.9. The first-order valence-electron chi connectivity index (χ1n) is 20.3. The fourth-order valence-electron chi connectivity index (χ4n) is 7.54. The van der Waals surface area contributed by atoms with Gasteiger partial charge in [0.2, 0.25) is 0 Å². The van der Waals surface area contributed by atoms with E-state index in [2.05, 4.69) is 10.6 Å². The van der Waals surface area contributed by atoms with E-state index in [4.69, 9.17) is 18.9 Å². The molecule has 11 nitrogen and oxygen atoms in total. The van der Waals surface area contributed by atoms with Gasteiger partial charge in [0.1, 0.15) is 18.8 Å². The van der Waals surface area contributed by atoms with Crippen LogP contribution in [0.5, 0.6) is 0 Å². The Kier molecular flexibility index (Phi) is 14.9. The van der Waals surface area contributed by atoms with Crippen molar-refractivity contribution in [3.05, 3.63) is 181 Å². The molecule has 0 saturated carbocycles. The van der Waals surface area contributed by atoms with E-state index in [-0.39, 0.29) is 0 Å². The molecule has 320 valence electrons. The summed E-state index contributed by atoms with van der Waals surface area (Å²) in [5.74, 6) is -3.26. The summed E-state index contributed by atoms with van der Waals surface area (Å²) in [7, 11) is -2.49. The molecule has 1 fully saturated rings. The van der Waals surface area contributed by atoms with Crippen LogP contribution in [-0.4, -0.2) is 66.9 Å². The summed E-state index contributed by atoms with van der Waals surface area (Å²) in [6, 6.07) is 52.8. The summed E-state index contributed by atoms with van der Waals surface area (Å²) < 4.78 is 23.5. The Bertz CT molecular complexity index is 2450. The maximum atomic E-state index is 14.9. The van der Waals surface area contributed by atoms with E-state index in [1.165, 1.54) is 20.8 Å². The Labute approximate surface area is 368 Å². The molecule has 1 aliphatic heterocycles. The zero-order valence-corrected chi connectivity index (χ0v) is 36.6. The van der Waals surface area contributed by atoms with Crippen LogP contribution in [-0.2, 0) is 33.3 Å². The zero-order valence-electron chi connectivity index (χ0n) is 34.8. The lowest BCUT2D eigenvalue weighted by atomic mass is 9.94. The molecule has 6 aromatic carbocycles. The van der Waals surface area contributed by atoms with Crippen molar-refractivity contribution in [3.8, 4) is 0 Å². The van der Waals surface area contributed by atoms with E-state index < -0.39 is 82.8 Å². The normalized spacial score (nSPS) is 18.2. The Morgan fingerprint density at radius 2 is 0.841 bits per heavy atom. The summed E-state index contributed by atoms with van der Waals surface area (Å²) >= 11 is 0. The molecule has 0 spiro atoms. The van der Waals surface area contributed by atoms with Crippen molar-refractivity contribution < 1.29 is 42.9 Å². The topological polar surface area (TPSA) is 146 Å². The maximum Gasteiger partial charge on any atom is 0.303 e. The summed E-state index contributed by atoms with van der Waals surface area (Å²) in [6.45, 7) is 3.14. The molecule has 63 heavy (non-hydrogen) atoms. The van der Waals surface area contributed by atoms with Crippen molar-refractivity contribution >= 4 is 77.4 Å². The molecule has 13 heteroatoms. The van der Waals surface area contributed by atoms with Crippen LogP contribution in [0, 0.1) is 0 Å². The number of hydrogen-bond acceptors (Lipinski definition) is 9. The first-order valence-corrected chi connectivity index (χ1v) is 23.0. The van der Waals surface area contributed by atoms with Crippen LogP contribution < -0.4 is 42.5 Å². The van der Waals surface area contributed by atoms with E-state index >= 15 is 0 Å². The molecular formula is C50H46N2O9P2. The van der Waals surface area contributed by atoms with E-state index in [1.807, 2.05) is 146 Å². The number of carbonyl (C=O) groups excluding carboxylic acids is 5. The highest BCUT2D eigenvalue weighted by Gasteiger charge is 2.52. The molecule has 0 aliphatic carbocycles. The van der Waals surface area contributed by atoms with Gasteiger partial charge in [-0.3, -0.25) is 24.0 Å². The number of nitrogens with one attached hydrogen (secondary N) is 2. The monoisotopic (exact) mass is 880 g/mol. The highest BCUT2D eigenvalue weighted by atomic mass is 31.1. The molecule has 1 saturated heterocycles. The molecular weight excluding hydrogens is 835 g/mol. The second kappa shape index (κ2) is 21.0. The molecule has 0 aromatic heterocycles. The van der Waals surface area contributed by atoms with Gasteiger partial charge in [-0.05, 0) is 59.8 Å². The fraction of sp³-hybridized carbons (Fsp3) is 0.180. The summed E-state index contributed by atoms with van der Waals surface area (Å²) in [5.41, 5.74) is 0.671. The molecule has 5 atom stereocenters. The molecule has 1 aliphatic rings. The second-order valence-electron chi connectivity index (χ2n) is 14.6. The van der Waals surface area contributed by atoms with Crippen LogP contribution in [0.1, 0.15) is 41.5 Å². The number of rotatable bonds is 14. The predicted octanol–water partition coefficient (Wildman–Crippen LogP) is 4.88. The van der Waals surface area contributed by atoms with Gasteiger partial charge in [0.15, 0.2) is 18.4 Å². The number of amides is 2. The smallest absolute Gasteiger partial charge is 0.303 e. The van der Waals surface area contributed by atoms with Crippen molar-refractivity contribution in [3.63, 3.8) is 0 Å². The number of esters is 3. The summed E-state index contributed by atoms with van der Waals surface area (Å²) in [6.07, 6.45) is -5.45. The van der Waals surface area contributed by atoms with Crippen molar-refractivity contribution in [2.75, 3.05) is 6.61 Å². The van der Waals surface area contributed by atoms with Gasteiger partial charge in [0.05, 0.1) is 0 Å². The molecule has 0 bridgehead atoms. The van der Waals surface area contributed by atoms with Gasteiger partial charge in [-0.2, -0.15) is 0 Å². The quantitative estimate of drug-likeness (QED) is 0.0889. The number of benzene rings is 6.